The van der Waals surface area contributed by atoms with Gasteiger partial charge in [-0.25, -0.2) is 0 Å². The van der Waals surface area contributed by atoms with E-state index in [0.717, 1.165) is 30.7 Å². The molecule has 0 saturated heterocycles. The van der Waals surface area contributed by atoms with Crippen molar-refractivity contribution in [2.45, 2.75) is 57.8 Å². The minimum Gasteiger partial charge on any atom is -0.505 e. The van der Waals surface area contributed by atoms with Gasteiger partial charge < -0.3 is 9.84 Å². The minimum absolute atomic E-state index is 0.102. The topological polar surface area (TPSA) is 29.5 Å². The van der Waals surface area contributed by atoms with E-state index in [1.807, 2.05) is 0 Å². The summed E-state index contributed by atoms with van der Waals surface area (Å²) in [5.41, 5.74) is 0. The number of benzene rings is 1. The first-order valence-electron chi connectivity index (χ1n) is 8.95. The molecule has 2 fully saturated rings. The highest BCUT2D eigenvalue weighted by atomic mass is 19.2. The fraction of sp³-hybridized carbons (Fsp3) is 0.684. The predicted octanol–water partition coefficient (Wildman–Crippen LogP) is 5.44. The zero-order valence-electron chi connectivity index (χ0n) is 13.6. The van der Waals surface area contributed by atoms with Gasteiger partial charge in [0.1, 0.15) is 0 Å². The van der Waals surface area contributed by atoms with Crippen LogP contribution in [0.15, 0.2) is 12.1 Å². The highest BCUT2D eigenvalue weighted by Crippen LogP contribution is 2.40. The van der Waals surface area contributed by atoms with Gasteiger partial charge in [0.25, 0.3) is 0 Å². The quantitative estimate of drug-likeness (QED) is 0.799. The molecule has 0 aliphatic heterocycles. The van der Waals surface area contributed by atoms with E-state index in [0.29, 0.717) is 12.5 Å². The average Bonchev–Trinajstić information content (AvgIpc) is 2.60. The van der Waals surface area contributed by atoms with Gasteiger partial charge in [0.05, 0.1) is 6.61 Å². The van der Waals surface area contributed by atoms with E-state index in [1.165, 1.54) is 51.0 Å². The van der Waals surface area contributed by atoms with Gasteiger partial charge in [-0.05, 0) is 55.6 Å². The highest BCUT2D eigenvalue weighted by molar-refractivity contribution is 5.33. The van der Waals surface area contributed by atoms with Gasteiger partial charge in [-0.1, -0.05) is 32.1 Å². The second kappa shape index (κ2) is 7.50. The Labute approximate surface area is 136 Å². The lowest BCUT2D eigenvalue weighted by atomic mass is 9.71. The lowest BCUT2D eigenvalue weighted by Crippen LogP contribution is -2.26. The van der Waals surface area contributed by atoms with Crippen LogP contribution in [0.25, 0.3) is 0 Å². The Morgan fingerprint density at radius 1 is 0.870 bits per heavy atom. The molecule has 4 heteroatoms. The summed E-state index contributed by atoms with van der Waals surface area (Å²) in [7, 11) is 0. The fourth-order valence-corrected chi connectivity index (χ4v) is 4.27. The summed E-state index contributed by atoms with van der Waals surface area (Å²) in [6.45, 7) is 0.429. The molecule has 128 valence electrons. The molecule has 0 atom stereocenters. The average molecular weight is 324 g/mol. The maximum absolute atomic E-state index is 13.7. The first-order valence-corrected chi connectivity index (χ1v) is 8.95. The highest BCUT2D eigenvalue weighted by Gasteiger charge is 2.29. The lowest BCUT2D eigenvalue weighted by molar-refractivity contribution is 0.133. The van der Waals surface area contributed by atoms with Crippen LogP contribution in [-0.2, 0) is 0 Å². The molecule has 0 bridgehead atoms. The lowest BCUT2D eigenvalue weighted by Gasteiger charge is -2.35. The Morgan fingerprint density at radius 2 is 1.52 bits per heavy atom. The summed E-state index contributed by atoms with van der Waals surface area (Å²) in [6.07, 6.45) is 11.7. The van der Waals surface area contributed by atoms with E-state index in [1.54, 1.807) is 0 Å². The molecule has 0 amide bonds. The number of ether oxygens (including phenoxy) is 1. The molecule has 1 aromatic carbocycles. The normalized spacial score (nSPS) is 26.2. The fourth-order valence-electron chi connectivity index (χ4n) is 4.27. The van der Waals surface area contributed by atoms with Gasteiger partial charge in [0, 0.05) is 0 Å². The van der Waals surface area contributed by atoms with Gasteiger partial charge in [-0.15, -0.1) is 0 Å². The van der Waals surface area contributed by atoms with Crippen molar-refractivity contribution in [3.05, 3.63) is 23.8 Å². The summed E-state index contributed by atoms with van der Waals surface area (Å²) in [6, 6.07) is 2.43. The van der Waals surface area contributed by atoms with Gasteiger partial charge in [-0.3, -0.25) is 0 Å². The van der Waals surface area contributed by atoms with Gasteiger partial charge in [0.2, 0.25) is 11.6 Å². The molecule has 2 aliphatic rings. The molecule has 2 saturated carbocycles. The zero-order valence-corrected chi connectivity index (χ0v) is 13.6. The van der Waals surface area contributed by atoms with Crippen LogP contribution in [0.3, 0.4) is 0 Å². The maximum atomic E-state index is 13.7. The molecule has 3 rings (SSSR count). The second-order valence-corrected chi connectivity index (χ2v) is 7.20. The third kappa shape index (κ3) is 3.96. The Bertz CT molecular complexity index is 518. The van der Waals surface area contributed by atoms with E-state index in [2.05, 4.69) is 0 Å². The van der Waals surface area contributed by atoms with E-state index in [-0.39, 0.29) is 5.75 Å². The van der Waals surface area contributed by atoms with Crippen molar-refractivity contribution in [1.82, 2.24) is 0 Å². The van der Waals surface area contributed by atoms with Crippen molar-refractivity contribution in [3.63, 3.8) is 0 Å². The number of halogens is 2. The molecule has 2 nitrogen and oxygen atoms in total. The number of phenolic OH excluding ortho intramolecular Hbond substituents is 1. The largest absolute Gasteiger partial charge is 0.505 e. The van der Waals surface area contributed by atoms with Crippen molar-refractivity contribution >= 4 is 0 Å². The van der Waals surface area contributed by atoms with Crippen LogP contribution in [0.4, 0.5) is 8.78 Å². The summed E-state index contributed by atoms with van der Waals surface area (Å²) >= 11 is 0. The van der Waals surface area contributed by atoms with Crippen molar-refractivity contribution in [2.75, 3.05) is 6.61 Å². The number of phenols is 1. The van der Waals surface area contributed by atoms with E-state index in [9.17, 15) is 8.78 Å². The molecule has 0 heterocycles. The summed E-state index contributed by atoms with van der Waals surface area (Å²) in [5, 5.41) is 9.12. The van der Waals surface area contributed by atoms with Gasteiger partial charge in [0.15, 0.2) is 11.5 Å². The SMILES string of the molecule is Oc1ccc(OCC2CCC(C3CCCCC3)CC2)c(F)c1F. The number of aromatic hydroxyl groups is 1. The monoisotopic (exact) mass is 324 g/mol. The van der Waals surface area contributed by atoms with Crippen molar-refractivity contribution < 1.29 is 18.6 Å². The number of hydrogen-bond acceptors (Lipinski definition) is 2. The van der Waals surface area contributed by atoms with Crippen molar-refractivity contribution in [2.24, 2.45) is 17.8 Å². The molecule has 1 aromatic rings. The smallest absolute Gasteiger partial charge is 0.204 e. The van der Waals surface area contributed by atoms with Crippen molar-refractivity contribution in [3.8, 4) is 11.5 Å². The Hall–Kier alpha value is -1.32. The first kappa shape index (κ1) is 16.5. The Balaban J connectivity index is 1.47. The molecule has 0 aromatic heterocycles. The molecule has 23 heavy (non-hydrogen) atoms. The summed E-state index contributed by atoms with van der Waals surface area (Å²) in [5.74, 6) is -0.920. The van der Waals surface area contributed by atoms with Crippen LogP contribution in [-0.4, -0.2) is 11.7 Å². The third-order valence-corrected chi connectivity index (χ3v) is 5.71. The molecule has 2 aliphatic carbocycles. The number of hydrogen-bond donors (Lipinski definition) is 1. The predicted molar refractivity (Wildman–Crippen MR) is 85.5 cm³/mol. The minimum atomic E-state index is -1.23. The summed E-state index contributed by atoms with van der Waals surface area (Å²) < 4.78 is 32.4. The Kier molecular flexibility index (Phi) is 5.39. The molecule has 0 radical (unpaired) electrons. The number of rotatable bonds is 4. The standard InChI is InChI=1S/C19H26F2O2/c20-18-16(22)10-11-17(19(18)21)23-12-13-6-8-15(9-7-13)14-4-2-1-3-5-14/h10-11,13-15,22H,1-9,12H2. The van der Waals surface area contributed by atoms with E-state index in [4.69, 9.17) is 9.84 Å². The second-order valence-electron chi connectivity index (χ2n) is 7.20. The first-order chi connectivity index (χ1) is 11.1. The molecule has 0 unspecified atom stereocenters. The Morgan fingerprint density at radius 3 is 2.22 bits per heavy atom. The van der Waals surface area contributed by atoms with Crippen LogP contribution >= 0.6 is 0 Å². The van der Waals surface area contributed by atoms with Crippen LogP contribution in [0, 0.1) is 29.4 Å². The molecule has 0 spiro atoms. The zero-order chi connectivity index (χ0) is 16.2. The third-order valence-electron chi connectivity index (χ3n) is 5.71. The maximum Gasteiger partial charge on any atom is 0.204 e. The molecule has 1 N–H and O–H groups in total. The van der Waals surface area contributed by atoms with Crippen LogP contribution in [0.5, 0.6) is 11.5 Å². The van der Waals surface area contributed by atoms with Crippen molar-refractivity contribution in [1.29, 1.82) is 0 Å². The van der Waals surface area contributed by atoms with Gasteiger partial charge >= 0.3 is 0 Å². The van der Waals surface area contributed by atoms with E-state index < -0.39 is 17.4 Å². The van der Waals surface area contributed by atoms with Gasteiger partial charge in [-0.2, -0.15) is 8.78 Å². The molecular formula is C19H26F2O2. The molecular weight excluding hydrogens is 298 g/mol. The van der Waals surface area contributed by atoms with E-state index >= 15 is 0 Å². The summed E-state index contributed by atoms with van der Waals surface area (Å²) in [4.78, 5) is 0. The van der Waals surface area contributed by atoms with Crippen LogP contribution in [0.1, 0.15) is 57.8 Å². The van der Waals surface area contributed by atoms with Crippen LogP contribution < -0.4 is 4.74 Å². The van der Waals surface area contributed by atoms with Crippen LogP contribution in [0.2, 0.25) is 0 Å².